The van der Waals surface area contributed by atoms with Crippen molar-refractivity contribution in [2.45, 2.75) is 49.1 Å². The third-order valence-corrected chi connectivity index (χ3v) is 30.1. The van der Waals surface area contributed by atoms with Crippen LogP contribution in [0.15, 0.2) is 412 Å². The molecule has 4 aromatic heterocycles. The zero-order valence-electron chi connectivity index (χ0n) is 70.7. The van der Waals surface area contributed by atoms with Crippen LogP contribution in [-0.2, 0) is 16.2 Å². The Morgan fingerprint density at radius 1 is 0.349 bits per heavy atom. The van der Waals surface area contributed by atoms with Crippen LogP contribution in [0.1, 0.15) is 94.1 Å². The van der Waals surface area contributed by atoms with Crippen molar-refractivity contribution in [3.05, 3.63) is 473 Å². The lowest BCUT2D eigenvalue weighted by Gasteiger charge is -2.45. The number of allylic oxidation sites excluding steroid dienone is 4. The van der Waals surface area contributed by atoms with Gasteiger partial charge in [-0.3, -0.25) is 0 Å². The minimum Gasteiger partial charge on any atom is -0.456 e. The maximum Gasteiger partial charge on any atom is 0.197 e. The number of para-hydroxylation sites is 12. The normalized spacial score (nSPS) is 17.7. The molecule has 0 bridgehead atoms. The second-order valence-electron chi connectivity index (χ2n) is 36.5. The van der Waals surface area contributed by atoms with Crippen molar-refractivity contribution < 1.29 is 14.4 Å². The van der Waals surface area contributed by atoms with E-state index in [4.69, 9.17) is 9.47 Å². The van der Waals surface area contributed by atoms with Crippen molar-refractivity contribution in [3.63, 3.8) is 0 Å². The highest BCUT2D eigenvalue weighted by atomic mass is 16.5. The van der Waals surface area contributed by atoms with E-state index in [9.17, 15) is 0 Å². The molecule has 606 valence electrons. The highest BCUT2D eigenvalue weighted by molar-refractivity contribution is 6.19. The number of anilines is 4. The average Bonchev–Trinajstić information content (AvgIpc) is 1.60. The number of rotatable bonds is 8. The second-order valence-corrected chi connectivity index (χ2v) is 36.5. The van der Waals surface area contributed by atoms with Crippen molar-refractivity contribution in [2.24, 2.45) is 0 Å². The molecule has 18 aromatic carbocycles. The van der Waals surface area contributed by atoms with E-state index in [0.717, 1.165) is 158 Å². The fourth-order valence-electron chi connectivity index (χ4n) is 24.8. The maximum absolute atomic E-state index is 7.71. The first-order valence-corrected chi connectivity index (χ1v) is 45.2. The number of hydrogen-bond acceptors (Lipinski definition) is 4. The topological polar surface area (TPSA) is 57.9 Å². The van der Waals surface area contributed by atoms with Gasteiger partial charge in [-0.1, -0.05) is 269 Å². The Kier molecular flexibility index (Phi) is 14.3. The summed E-state index contributed by atoms with van der Waals surface area (Å²) in [6.45, 7) is 4.79. The maximum atomic E-state index is 7.71. The summed E-state index contributed by atoms with van der Waals surface area (Å²) in [4.78, 5) is 3.69. The van der Waals surface area contributed by atoms with Gasteiger partial charge in [-0.25, -0.2) is 4.90 Å². The molecule has 0 radical (unpaired) electrons. The third kappa shape index (κ3) is 9.30. The van der Waals surface area contributed by atoms with E-state index in [0.29, 0.717) is 0 Å². The number of hydrogen-bond donors (Lipinski definition) is 2. The molecule has 2 spiro atoms. The average molecular weight is 1650 g/mol. The molecule has 0 amide bonds. The molecule has 2 N–H and O–H groups in total. The van der Waals surface area contributed by atoms with Gasteiger partial charge in [-0.15, -0.1) is 0 Å². The number of ether oxygens (including phenoxy) is 2. The lowest BCUT2D eigenvalue weighted by atomic mass is 9.61. The molecule has 9 heteroatoms. The Hall–Kier alpha value is -16.2. The van der Waals surface area contributed by atoms with E-state index < -0.39 is 10.8 Å². The van der Waals surface area contributed by atoms with Gasteiger partial charge in [0, 0.05) is 105 Å². The first-order valence-electron chi connectivity index (χ1n) is 45.2. The summed E-state index contributed by atoms with van der Waals surface area (Å²) in [6, 6.07) is 148. The van der Waals surface area contributed by atoms with Crippen LogP contribution in [0.25, 0.3) is 127 Å². The summed E-state index contributed by atoms with van der Waals surface area (Å²) in [5.41, 5.74) is 36.9. The van der Waals surface area contributed by atoms with Crippen LogP contribution >= 0.6 is 0 Å². The van der Waals surface area contributed by atoms with Crippen molar-refractivity contribution in [1.29, 1.82) is 0 Å². The lowest BCUT2D eigenvalue weighted by Crippen LogP contribution is -3.01. The molecule has 2 aliphatic carbocycles. The molecule has 4 unspecified atom stereocenters. The molecule has 4 atom stereocenters. The van der Waals surface area contributed by atoms with Crippen LogP contribution in [0.5, 0.6) is 23.0 Å². The van der Waals surface area contributed by atoms with Gasteiger partial charge >= 0.3 is 0 Å². The van der Waals surface area contributed by atoms with Crippen molar-refractivity contribution in [1.82, 2.24) is 18.3 Å². The molecular weight excluding hydrogens is 1570 g/mol. The van der Waals surface area contributed by atoms with E-state index in [1.165, 1.54) is 110 Å². The standard InChI is InChI=1S/C120H79N7O2/c1-118(2)90-36-12-9-31-81(90)82-64-61-80(71-99(82)118)122(75-27-5-3-6-28-75)77-57-59-79(60-58-77)124-101-44-18-10-33-84(101)88-65-66-98-116(114(88)124)129-110-50-24-16-40-94(110)120(98)92-38-14-21-47-104(92)127-107-69-73(53-62-85(107)87-35-26-42-96(120)113(87)127)74-54-63-89-108(70-74)123(78-55-51-72(52-56-78)117-121-100-43-17-22-48-105(100)125(117)76-29-7-4-8-30-76)106-68-67-97-115(111(89)106)128-109-49-23-15-39-93(109)119(97)91-37-13-20-46-103(91)126-102-45-19-11-32-83(102)86-34-25-41-95(119)112(86)126/h3-8,10-30,32-71,117,121H,9,31H2,1-2H3/p+1. The predicted molar refractivity (Wildman–Crippen MR) is 526 cm³/mol. The zero-order chi connectivity index (χ0) is 84.4. The molecule has 0 saturated heterocycles. The Balaban J connectivity index is 0.614. The number of benzene rings is 18. The van der Waals surface area contributed by atoms with Gasteiger partial charge in [0.2, 0.25) is 0 Å². The molecule has 0 saturated carbocycles. The summed E-state index contributed by atoms with van der Waals surface area (Å²) in [7, 11) is 0. The Morgan fingerprint density at radius 2 is 0.853 bits per heavy atom. The fourth-order valence-corrected chi connectivity index (χ4v) is 24.8. The summed E-state index contributed by atoms with van der Waals surface area (Å²) in [6.07, 6.45) is 6.82. The molecule has 9 nitrogen and oxygen atoms in total. The minimum absolute atomic E-state index is 0.0691. The van der Waals surface area contributed by atoms with Gasteiger partial charge in [0.25, 0.3) is 0 Å². The molecular formula is C120H80N7O2+. The largest absolute Gasteiger partial charge is 0.456 e. The highest BCUT2D eigenvalue weighted by Gasteiger charge is 2.54. The first-order chi connectivity index (χ1) is 63.8. The zero-order valence-corrected chi connectivity index (χ0v) is 70.7. The van der Waals surface area contributed by atoms with Crippen LogP contribution in [0.3, 0.4) is 0 Å². The fraction of sp³-hybridized carbons (Fsp3) is 0.0667. The van der Waals surface area contributed by atoms with Gasteiger partial charge in [-0.2, -0.15) is 0 Å². The minimum atomic E-state index is -0.839. The summed E-state index contributed by atoms with van der Waals surface area (Å²) in [5, 5.41) is 13.3. The third-order valence-electron chi connectivity index (χ3n) is 30.1. The summed E-state index contributed by atoms with van der Waals surface area (Å²) >= 11 is 0. The number of fused-ring (bicyclic) bond motifs is 33. The number of nitrogens with zero attached hydrogens (tertiary/aromatic N) is 5. The van der Waals surface area contributed by atoms with E-state index in [-0.39, 0.29) is 11.6 Å². The predicted octanol–water partition coefficient (Wildman–Crippen LogP) is 29.2. The Bertz CT molecular complexity index is 8780. The highest BCUT2D eigenvalue weighted by Crippen LogP contribution is 2.66. The van der Waals surface area contributed by atoms with Crippen molar-refractivity contribution in [3.8, 4) is 56.9 Å². The van der Waals surface area contributed by atoms with Crippen LogP contribution < -0.4 is 24.6 Å². The molecule has 0 fully saturated rings. The number of aromatic nitrogens is 4. The molecule has 29 rings (SSSR count). The van der Waals surface area contributed by atoms with Crippen LogP contribution in [0.4, 0.5) is 34.1 Å². The molecule has 5 aliphatic heterocycles. The molecule has 22 aromatic rings. The van der Waals surface area contributed by atoms with Crippen LogP contribution in [0.2, 0.25) is 0 Å². The molecule has 9 heterocycles. The monoisotopic (exact) mass is 1650 g/mol. The van der Waals surface area contributed by atoms with E-state index in [2.05, 4.69) is 449 Å². The Morgan fingerprint density at radius 3 is 1.55 bits per heavy atom. The van der Waals surface area contributed by atoms with Gasteiger partial charge in [0.15, 0.2) is 17.6 Å². The Labute approximate surface area is 744 Å². The molecule has 7 aliphatic rings. The van der Waals surface area contributed by atoms with Gasteiger partial charge in [0.1, 0.15) is 28.6 Å². The smallest absolute Gasteiger partial charge is 0.197 e. The second kappa shape index (κ2) is 26.0. The number of nitrogens with one attached hydrogen (secondary N) is 2. The quantitative estimate of drug-likeness (QED) is 0.159. The van der Waals surface area contributed by atoms with Crippen LogP contribution in [-0.4, -0.2) is 18.3 Å². The number of quaternary nitrogens is 1. The van der Waals surface area contributed by atoms with Gasteiger partial charge < -0.3 is 38.0 Å². The SMILES string of the molecule is CC1(C)C2=C(CCC=C2)c2ccc(N(c3ccccc3)c3ccc(-n4c5ccccc5c5ccc6c(c54)Oc4ccccc4C64c5ccccc5-n5c6cc(-c7ccc8c9c%10c(ccc9n(-c9ccc(C%11Nc%12ccccc%12[NH+]%11c%11ccccc%11)cc9)c8c7)C7(c8ccccc8O%10)c8ccccc8-n8c9ccccc9c9cccc7c98)ccc6c6cccc4c65)cc3)cc21. The van der Waals surface area contributed by atoms with Gasteiger partial charge in [-0.05, 0) is 214 Å². The molecule has 129 heavy (non-hydrogen) atoms. The summed E-state index contributed by atoms with van der Waals surface area (Å²) in [5.74, 6) is 3.39. The van der Waals surface area contributed by atoms with Crippen molar-refractivity contribution >= 4 is 127 Å². The van der Waals surface area contributed by atoms with Crippen molar-refractivity contribution in [2.75, 3.05) is 10.2 Å². The van der Waals surface area contributed by atoms with E-state index in [1.807, 2.05) is 0 Å². The first kappa shape index (κ1) is 71.1. The van der Waals surface area contributed by atoms with Gasteiger partial charge in [0.05, 0.1) is 71.7 Å². The van der Waals surface area contributed by atoms with E-state index in [1.54, 1.807) is 0 Å². The van der Waals surface area contributed by atoms with E-state index >= 15 is 0 Å². The van der Waals surface area contributed by atoms with Crippen LogP contribution in [0, 0.1) is 0 Å². The lowest BCUT2D eigenvalue weighted by molar-refractivity contribution is -0.786. The summed E-state index contributed by atoms with van der Waals surface area (Å²) < 4.78 is 25.5.